The van der Waals surface area contributed by atoms with E-state index >= 15 is 0 Å². The molecule has 5 heteroatoms. The van der Waals surface area contributed by atoms with E-state index in [-0.39, 0.29) is 23.6 Å². The van der Waals surface area contributed by atoms with Crippen LogP contribution in [0.25, 0.3) is 11.1 Å². The van der Waals surface area contributed by atoms with Crippen LogP contribution in [-0.2, 0) is 0 Å². The molecule has 1 aliphatic heterocycles. The maximum absolute atomic E-state index is 10.5. The Morgan fingerprint density at radius 2 is 1.70 bits per heavy atom. The van der Waals surface area contributed by atoms with Gasteiger partial charge in [-0.15, -0.1) is 0 Å². The van der Waals surface area contributed by atoms with Crippen LogP contribution in [-0.4, -0.2) is 47.5 Å². The number of phenolic OH excluding ortho intramolecular Hbond substituents is 2. The summed E-state index contributed by atoms with van der Waals surface area (Å²) in [7, 11) is 0. The summed E-state index contributed by atoms with van der Waals surface area (Å²) in [6.45, 7) is 11.8. The largest absolute Gasteiger partial charge is 0.508 e. The zero-order valence-corrected chi connectivity index (χ0v) is 16.6. The van der Waals surface area contributed by atoms with Crippen molar-refractivity contribution in [2.24, 2.45) is 0 Å². The first kappa shape index (κ1) is 19.5. The summed E-state index contributed by atoms with van der Waals surface area (Å²) < 4.78 is 6.42. The molecule has 146 valence electrons. The Bertz CT molecular complexity index is 798. The summed E-state index contributed by atoms with van der Waals surface area (Å²) in [4.78, 5) is 2.28. The van der Waals surface area contributed by atoms with Gasteiger partial charge in [0.05, 0.1) is 0 Å². The molecule has 2 aromatic carbocycles. The second-order valence-corrected chi connectivity index (χ2v) is 7.49. The Balaban J connectivity index is 2.12. The molecule has 27 heavy (non-hydrogen) atoms. The van der Waals surface area contributed by atoms with Crippen molar-refractivity contribution >= 4 is 0 Å². The number of phenols is 2. The van der Waals surface area contributed by atoms with Crippen molar-refractivity contribution in [2.75, 3.05) is 26.2 Å². The normalized spacial score (nSPS) is 16.5. The maximum atomic E-state index is 10.5. The van der Waals surface area contributed by atoms with Gasteiger partial charge >= 0.3 is 0 Å². The second-order valence-electron chi connectivity index (χ2n) is 7.49. The topological polar surface area (TPSA) is 65.0 Å². The van der Waals surface area contributed by atoms with Gasteiger partial charge in [0, 0.05) is 42.9 Å². The van der Waals surface area contributed by atoms with E-state index in [0.717, 1.165) is 42.9 Å². The minimum Gasteiger partial charge on any atom is -0.508 e. The summed E-state index contributed by atoms with van der Waals surface area (Å²) in [6, 6.07) is 9.10. The molecular weight excluding hydrogens is 340 g/mol. The summed E-state index contributed by atoms with van der Waals surface area (Å²) >= 11 is 0. The van der Waals surface area contributed by atoms with Gasteiger partial charge in [0.2, 0.25) is 0 Å². The number of hydrogen-bond donors (Lipinski definition) is 3. The lowest BCUT2D eigenvalue weighted by Gasteiger charge is -2.34. The first-order valence-electron chi connectivity index (χ1n) is 9.66. The van der Waals surface area contributed by atoms with Crippen LogP contribution in [0.15, 0.2) is 30.3 Å². The number of rotatable bonds is 5. The van der Waals surface area contributed by atoms with Gasteiger partial charge in [-0.3, -0.25) is 4.90 Å². The maximum Gasteiger partial charge on any atom is 0.149 e. The van der Waals surface area contributed by atoms with Gasteiger partial charge in [0.15, 0.2) is 0 Å². The number of nitrogens with one attached hydrogen (secondary N) is 1. The number of para-hydroxylation sites is 1. The van der Waals surface area contributed by atoms with Gasteiger partial charge in [0.25, 0.3) is 0 Å². The molecule has 0 aromatic heterocycles. The Morgan fingerprint density at radius 3 is 2.33 bits per heavy atom. The number of nitrogens with zero attached hydrogens (tertiary/aromatic N) is 1. The second kappa shape index (κ2) is 8.19. The molecule has 0 aliphatic carbocycles. The van der Waals surface area contributed by atoms with Crippen molar-refractivity contribution in [3.8, 4) is 28.4 Å². The smallest absolute Gasteiger partial charge is 0.149 e. The Labute approximate surface area is 161 Å². The third kappa shape index (κ3) is 4.04. The molecule has 5 nitrogen and oxygen atoms in total. The fourth-order valence-electron chi connectivity index (χ4n) is 3.62. The third-order valence-electron chi connectivity index (χ3n) is 5.28. The van der Waals surface area contributed by atoms with Crippen molar-refractivity contribution < 1.29 is 14.9 Å². The first-order valence-corrected chi connectivity index (χ1v) is 9.66. The number of ether oxygens (including phenoxy) is 1. The fraction of sp³-hybridized carbons (Fsp3) is 0.455. The third-order valence-corrected chi connectivity index (χ3v) is 5.28. The minimum atomic E-state index is -0.128. The van der Waals surface area contributed by atoms with Gasteiger partial charge in [-0.1, -0.05) is 32.0 Å². The lowest BCUT2D eigenvalue weighted by atomic mass is 9.89. The highest BCUT2D eigenvalue weighted by molar-refractivity contribution is 5.81. The van der Waals surface area contributed by atoms with Crippen LogP contribution in [0.3, 0.4) is 0 Å². The molecule has 3 rings (SSSR count). The molecule has 0 amide bonds. The fourth-order valence-corrected chi connectivity index (χ4v) is 3.62. The molecule has 1 heterocycles. The molecule has 1 atom stereocenters. The van der Waals surface area contributed by atoms with E-state index in [1.54, 1.807) is 12.1 Å². The summed E-state index contributed by atoms with van der Waals surface area (Å²) in [5, 5.41) is 24.4. The van der Waals surface area contributed by atoms with Crippen molar-refractivity contribution in [3.63, 3.8) is 0 Å². The van der Waals surface area contributed by atoms with E-state index in [2.05, 4.69) is 24.1 Å². The minimum absolute atomic E-state index is 0.128. The molecule has 0 spiro atoms. The van der Waals surface area contributed by atoms with Gasteiger partial charge < -0.3 is 20.3 Å². The number of piperazine rings is 1. The zero-order chi connectivity index (χ0) is 19.6. The molecule has 1 saturated heterocycles. The molecule has 2 aromatic rings. The van der Waals surface area contributed by atoms with Crippen LogP contribution in [0.1, 0.15) is 37.8 Å². The number of benzene rings is 2. The van der Waals surface area contributed by atoms with E-state index in [4.69, 9.17) is 4.74 Å². The number of aromatic hydroxyl groups is 2. The zero-order valence-electron chi connectivity index (χ0n) is 16.6. The predicted molar refractivity (Wildman–Crippen MR) is 109 cm³/mol. The van der Waals surface area contributed by atoms with Gasteiger partial charge in [-0.2, -0.15) is 0 Å². The Kier molecular flexibility index (Phi) is 5.92. The molecule has 0 saturated carbocycles. The van der Waals surface area contributed by atoms with Crippen molar-refractivity contribution in [3.05, 3.63) is 41.5 Å². The standard InChI is InChI=1S/C22H30N2O3/c1-14(2)18-13-20(26)15(3)22(21(18)17-7-5-6-8-19(17)25)27-16(4)24-11-9-23-10-12-24/h5-8,13-14,16,23,25-26H,9-12H2,1-4H3. The highest BCUT2D eigenvalue weighted by atomic mass is 16.5. The summed E-state index contributed by atoms with van der Waals surface area (Å²) in [6.07, 6.45) is -0.128. The monoisotopic (exact) mass is 370 g/mol. The summed E-state index contributed by atoms with van der Waals surface area (Å²) in [5.74, 6) is 1.25. The van der Waals surface area contributed by atoms with Gasteiger partial charge in [-0.25, -0.2) is 0 Å². The van der Waals surface area contributed by atoms with Crippen LogP contribution < -0.4 is 10.1 Å². The van der Waals surface area contributed by atoms with E-state index < -0.39 is 0 Å². The molecule has 1 fully saturated rings. The Morgan fingerprint density at radius 1 is 1.04 bits per heavy atom. The molecule has 0 bridgehead atoms. The van der Waals surface area contributed by atoms with Crippen molar-refractivity contribution in [2.45, 2.75) is 39.8 Å². The summed E-state index contributed by atoms with van der Waals surface area (Å²) in [5.41, 5.74) is 3.24. The van der Waals surface area contributed by atoms with Crippen molar-refractivity contribution in [1.82, 2.24) is 10.2 Å². The van der Waals surface area contributed by atoms with E-state index in [1.807, 2.05) is 32.0 Å². The molecule has 0 radical (unpaired) electrons. The molecule has 3 N–H and O–H groups in total. The van der Waals surface area contributed by atoms with E-state index in [0.29, 0.717) is 11.3 Å². The van der Waals surface area contributed by atoms with Crippen LogP contribution >= 0.6 is 0 Å². The highest BCUT2D eigenvalue weighted by Gasteiger charge is 2.25. The van der Waals surface area contributed by atoms with E-state index in [1.165, 1.54) is 0 Å². The predicted octanol–water partition coefficient (Wildman–Crippen LogP) is 3.83. The highest BCUT2D eigenvalue weighted by Crippen LogP contribution is 2.46. The van der Waals surface area contributed by atoms with Crippen LogP contribution in [0, 0.1) is 6.92 Å². The lowest BCUT2D eigenvalue weighted by molar-refractivity contribution is 0.0309. The van der Waals surface area contributed by atoms with Crippen LogP contribution in [0.4, 0.5) is 0 Å². The quantitative estimate of drug-likeness (QED) is 0.747. The van der Waals surface area contributed by atoms with Gasteiger partial charge in [-0.05, 0) is 37.5 Å². The average molecular weight is 370 g/mol. The van der Waals surface area contributed by atoms with Crippen LogP contribution in [0.5, 0.6) is 17.2 Å². The van der Waals surface area contributed by atoms with E-state index in [9.17, 15) is 10.2 Å². The molecular formula is C22H30N2O3. The SMILES string of the molecule is Cc1c(O)cc(C(C)C)c(-c2ccccc2O)c1OC(C)N1CCNCC1. The molecule has 1 unspecified atom stereocenters. The number of hydrogen-bond acceptors (Lipinski definition) is 5. The first-order chi connectivity index (χ1) is 12.9. The van der Waals surface area contributed by atoms with Gasteiger partial charge in [0.1, 0.15) is 23.5 Å². The van der Waals surface area contributed by atoms with Crippen molar-refractivity contribution in [1.29, 1.82) is 0 Å². The Hall–Kier alpha value is -2.24. The molecule has 1 aliphatic rings. The lowest BCUT2D eigenvalue weighted by Crippen LogP contribution is -2.49. The average Bonchev–Trinajstić information content (AvgIpc) is 2.66. The van der Waals surface area contributed by atoms with Crippen LogP contribution in [0.2, 0.25) is 0 Å².